The number of carbonyl (C=O) groups excluding carboxylic acids is 3. The second-order valence-corrected chi connectivity index (χ2v) is 6.61. The van der Waals surface area contributed by atoms with Gasteiger partial charge in [0.2, 0.25) is 0 Å². The zero-order chi connectivity index (χ0) is 20.4. The lowest BCUT2D eigenvalue weighted by Gasteiger charge is -2.27. The number of benzene rings is 1. The third-order valence-corrected chi connectivity index (χ3v) is 4.13. The average molecular weight is 390 g/mol. The maximum atomic E-state index is 12.4. The summed E-state index contributed by atoms with van der Waals surface area (Å²) in [5.74, 6) is -1.34. The molecule has 0 spiro atoms. The van der Waals surface area contributed by atoms with Gasteiger partial charge in [0.15, 0.2) is 11.9 Å². The molecule has 0 aromatic heterocycles. The van der Waals surface area contributed by atoms with E-state index < -0.39 is 18.2 Å². The van der Waals surface area contributed by atoms with Crippen molar-refractivity contribution in [2.24, 2.45) is 5.92 Å². The molecule has 0 saturated heterocycles. The first-order valence-corrected chi connectivity index (χ1v) is 9.20. The smallest absolute Gasteiger partial charge is 0.302 e. The van der Waals surface area contributed by atoms with E-state index in [-0.39, 0.29) is 37.5 Å². The van der Waals surface area contributed by atoms with Crippen LogP contribution in [-0.2, 0) is 39.9 Å². The molecule has 0 bridgehead atoms. The average Bonchev–Trinajstić information content (AvgIpc) is 2.65. The van der Waals surface area contributed by atoms with E-state index in [9.17, 15) is 14.4 Å². The topological polar surface area (TPSA) is 88.1 Å². The summed E-state index contributed by atoms with van der Waals surface area (Å²) < 4.78 is 21.7. The molecule has 2 rings (SSSR count). The third kappa shape index (κ3) is 8.02. The monoisotopic (exact) mass is 390 g/mol. The molecule has 0 aliphatic carbocycles. The summed E-state index contributed by atoms with van der Waals surface area (Å²) in [5, 5.41) is 0. The number of hydrogen-bond acceptors (Lipinski definition) is 7. The van der Waals surface area contributed by atoms with Crippen molar-refractivity contribution >= 4 is 17.7 Å². The molecule has 28 heavy (non-hydrogen) atoms. The highest BCUT2D eigenvalue weighted by molar-refractivity contribution is 5.94. The molecular formula is C21H26O7. The summed E-state index contributed by atoms with van der Waals surface area (Å²) in [6.07, 6.45) is 2.30. The number of esters is 2. The SMILES string of the molecule is CC(=O)OC[C@@H]1/C=C\C(=O)[C@H](COC(C)=O)O[C@@H](COCc2ccccc2)C1. The molecule has 0 radical (unpaired) electrons. The van der Waals surface area contributed by atoms with Gasteiger partial charge in [-0.05, 0) is 18.1 Å². The van der Waals surface area contributed by atoms with Crippen LogP contribution in [0.2, 0.25) is 0 Å². The van der Waals surface area contributed by atoms with Crippen LogP contribution < -0.4 is 0 Å². The molecule has 0 saturated carbocycles. The third-order valence-electron chi connectivity index (χ3n) is 4.13. The fourth-order valence-corrected chi connectivity index (χ4v) is 2.76. The van der Waals surface area contributed by atoms with Crippen LogP contribution in [0.15, 0.2) is 42.5 Å². The van der Waals surface area contributed by atoms with Crippen molar-refractivity contribution in [1.82, 2.24) is 0 Å². The van der Waals surface area contributed by atoms with E-state index in [4.69, 9.17) is 18.9 Å². The van der Waals surface area contributed by atoms with Gasteiger partial charge in [0.05, 0.1) is 25.9 Å². The fourth-order valence-electron chi connectivity index (χ4n) is 2.76. The Hall–Kier alpha value is -2.51. The van der Waals surface area contributed by atoms with Crippen molar-refractivity contribution in [2.45, 2.75) is 39.1 Å². The van der Waals surface area contributed by atoms with Gasteiger partial charge in [-0.15, -0.1) is 0 Å². The normalized spacial score (nSPS) is 23.4. The van der Waals surface area contributed by atoms with Crippen LogP contribution in [0.1, 0.15) is 25.8 Å². The second-order valence-electron chi connectivity index (χ2n) is 6.61. The highest BCUT2D eigenvalue weighted by Gasteiger charge is 2.28. The zero-order valence-corrected chi connectivity index (χ0v) is 16.2. The van der Waals surface area contributed by atoms with E-state index in [1.54, 1.807) is 6.08 Å². The first kappa shape index (κ1) is 21.8. The van der Waals surface area contributed by atoms with Crippen LogP contribution in [-0.4, -0.2) is 49.8 Å². The minimum atomic E-state index is -0.889. The summed E-state index contributed by atoms with van der Waals surface area (Å²) in [7, 11) is 0. The standard InChI is InChI=1S/C21H26O7/c1-15(22)26-12-18-8-9-20(24)21(14-27-16(2)23)28-19(10-18)13-25-11-17-6-4-3-5-7-17/h3-9,18-19,21H,10-14H2,1-2H3/b9-8-/t18-,19-,21+/m1/s1. The second kappa shape index (κ2) is 11.4. The van der Waals surface area contributed by atoms with E-state index >= 15 is 0 Å². The van der Waals surface area contributed by atoms with Crippen molar-refractivity contribution in [3.63, 3.8) is 0 Å². The number of rotatable bonds is 8. The van der Waals surface area contributed by atoms with Crippen LogP contribution in [0, 0.1) is 5.92 Å². The Balaban J connectivity index is 2.01. The summed E-state index contributed by atoms with van der Waals surface area (Å²) in [4.78, 5) is 34.5. The predicted octanol–water partition coefficient (Wildman–Crippen LogP) is 2.23. The van der Waals surface area contributed by atoms with Gasteiger partial charge >= 0.3 is 11.9 Å². The Morgan fingerprint density at radius 1 is 1.04 bits per heavy atom. The van der Waals surface area contributed by atoms with Gasteiger partial charge in [0.25, 0.3) is 0 Å². The molecule has 1 aromatic rings. The van der Waals surface area contributed by atoms with E-state index in [0.29, 0.717) is 13.0 Å². The molecule has 1 aliphatic rings. The molecule has 0 unspecified atom stereocenters. The molecule has 0 N–H and O–H groups in total. The Labute approximate surface area is 164 Å². The Kier molecular flexibility index (Phi) is 8.84. The number of ether oxygens (including phenoxy) is 4. The minimum Gasteiger partial charge on any atom is -0.465 e. The van der Waals surface area contributed by atoms with Gasteiger partial charge in [0, 0.05) is 19.8 Å². The molecule has 1 aromatic carbocycles. The Morgan fingerprint density at radius 3 is 2.39 bits per heavy atom. The van der Waals surface area contributed by atoms with Gasteiger partial charge in [0.1, 0.15) is 6.61 Å². The maximum absolute atomic E-state index is 12.4. The highest BCUT2D eigenvalue weighted by Crippen LogP contribution is 2.19. The van der Waals surface area contributed by atoms with Gasteiger partial charge in [-0.1, -0.05) is 36.4 Å². The van der Waals surface area contributed by atoms with Crippen molar-refractivity contribution < 1.29 is 33.3 Å². The molecule has 152 valence electrons. The van der Waals surface area contributed by atoms with E-state index in [1.165, 1.54) is 19.9 Å². The molecule has 1 heterocycles. The lowest BCUT2D eigenvalue weighted by molar-refractivity contribution is -0.154. The molecule has 7 heteroatoms. The van der Waals surface area contributed by atoms with Crippen molar-refractivity contribution in [3.8, 4) is 0 Å². The van der Waals surface area contributed by atoms with Crippen LogP contribution >= 0.6 is 0 Å². The van der Waals surface area contributed by atoms with Gasteiger partial charge in [-0.25, -0.2) is 0 Å². The van der Waals surface area contributed by atoms with Crippen LogP contribution in [0.3, 0.4) is 0 Å². The van der Waals surface area contributed by atoms with Gasteiger partial charge in [-0.2, -0.15) is 0 Å². The van der Waals surface area contributed by atoms with Crippen molar-refractivity contribution in [3.05, 3.63) is 48.0 Å². The van der Waals surface area contributed by atoms with E-state index in [1.807, 2.05) is 30.3 Å². The summed E-state index contributed by atoms with van der Waals surface area (Å²) in [5.41, 5.74) is 1.03. The van der Waals surface area contributed by atoms with E-state index in [2.05, 4.69) is 0 Å². The highest BCUT2D eigenvalue weighted by atomic mass is 16.6. The largest absolute Gasteiger partial charge is 0.465 e. The predicted molar refractivity (Wildman–Crippen MR) is 100 cm³/mol. The summed E-state index contributed by atoms with van der Waals surface area (Å²) in [6, 6.07) is 9.70. The Morgan fingerprint density at radius 2 is 1.71 bits per heavy atom. The molecule has 0 fully saturated rings. The zero-order valence-electron chi connectivity index (χ0n) is 16.2. The fraction of sp³-hybridized carbons (Fsp3) is 0.476. The van der Waals surface area contributed by atoms with Gasteiger partial charge < -0.3 is 18.9 Å². The molecule has 0 amide bonds. The van der Waals surface area contributed by atoms with Gasteiger partial charge in [-0.3, -0.25) is 14.4 Å². The Bertz CT molecular complexity index is 683. The lowest BCUT2D eigenvalue weighted by atomic mass is 9.99. The number of hydrogen-bond donors (Lipinski definition) is 0. The number of ketones is 1. The molecule has 3 atom stereocenters. The quantitative estimate of drug-likeness (QED) is 0.629. The van der Waals surface area contributed by atoms with Crippen LogP contribution in [0.5, 0.6) is 0 Å². The van der Waals surface area contributed by atoms with Crippen LogP contribution in [0.4, 0.5) is 0 Å². The van der Waals surface area contributed by atoms with E-state index in [0.717, 1.165) is 5.56 Å². The first-order valence-electron chi connectivity index (χ1n) is 9.20. The minimum absolute atomic E-state index is 0.150. The van der Waals surface area contributed by atoms with Crippen molar-refractivity contribution in [2.75, 3.05) is 19.8 Å². The molecular weight excluding hydrogens is 364 g/mol. The number of carbonyl (C=O) groups is 3. The van der Waals surface area contributed by atoms with Crippen molar-refractivity contribution in [1.29, 1.82) is 0 Å². The summed E-state index contributed by atoms with van der Waals surface area (Å²) in [6.45, 7) is 3.29. The maximum Gasteiger partial charge on any atom is 0.302 e. The molecule has 1 aliphatic heterocycles. The van der Waals surface area contributed by atoms with Crippen LogP contribution in [0.25, 0.3) is 0 Å². The lowest BCUT2D eigenvalue weighted by Crippen LogP contribution is -2.38. The molecule has 7 nitrogen and oxygen atoms in total. The first-order chi connectivity index (χ1) is 13.4. The summed E-state index contributed by atoms with van der Waals surface area (Å²) >= 11 is 0.